The molecule has 0 bridgehead atoms. The lowest BCUT2D eigenvalue weighted by Gasteiger charge is -2.10. The molecule has 0 aliphatic carbocycles. The quantitative estimate of drug-likeness (QED) is 0.742. The molecule has 1 aromatic rings. The summed E-state index contributed by atoms with van der Waals surface area (Å²) in [6, 6.07) is 5.09. The fourth-order valence-electron chi connectivity index (χ4n) is 1.20. The van der Waals surface area contributed by atoms with Crippen LogP contribution in [-0.2, 0) is 4.79 Å². The van der Waals surface area contributed by atoms with Crippen molar-refractivity contribution in [2.45, 2.75) is 13.0 Å². The van der Waals surface area contributed by atoms with Crippen LogP contribution in [0, 0.1) is 0 Å². The van der Waals surface area contributed by atoms with Gasteiger partial charge in [-0.2, -0.15) is 0 Å². The van der Waals surface area contributed by atoms with E-state index in [1.165, 1.54) is 0 Å². The monoisotopic (exact) mass is 228 g/mol. The van der Waals surface area contributed by atoms with Crippen molar-refractivity contribution in [1.82, 2.24) is 0 Å². The highest BCUT2D eigenvalue weighted by Gasteiger charge is 2.16. The number of carbonyl (C=O) groups is 1. The van der Waals surface area contributed by atoms with Gasteiger partial charge in [-0.15, -0.1) is 0 Å². The first kappa shape index (κ1) is 10.1. The summed E-state index contributed by atoms with van der Waals surface area (Å²) in [5.74, 6) is 1.81. The highest BCUT2D eigenvalue weighted by molar-refractivity contribution is 6.64. The summed E-state index contributed by atoms with van der Waals surface area (Å²) in [4.78, 5) is 10.8. The van der Waals surface area contributed by atoms with E-state index in [9.17, 15) is 4.79 Å². The Balaban J connectivity index is 2.13. The van der Waals surface area contributed by atoms with Crippen LogP contribution in [0.15, 0.2) is 18.2 Å². The first-order valence-electron chi connectivity index (χ1n) is 4.42. The number of ether oxygens (including phenoxy) is 3. The van der Waals surface area contributed by atoms with Crippen molar-refractivity contribution in [2.24, 2.45) is 0 Å². The summed E-state index contributed by atoms with van der Waals surface area (Å²) in [5.41, 5.74) is 0. The Hall–Kier alpha value is -1.42. The van der Waals surface area contributed by atoms with Gasteiger partial charge in [0, 0.05) is 6.07 Å². The van der Waals surface area contributed by atoms with E-state index in [1.54, 1.807) is 25.1 Å². The predicted octanol–water partition coefficient (Wildman–Crippen LogP) is 1.95. The molecule has 0 saturated heterocycles. The van der Waals surface area contributed by atoms with E-state index in [1.807, 2.05) is 0 Å². The summed E-state index contributed by atoms with van der Waals surface area (Å²) in [7, 11) is 0. The highest BCUT2D eigenvalue weighted by Crippen LogP contribution is 2.35. The van der Waals surface area contributed by atoms with Gasteiger partial charge in [0.2, 0.25) is 6.79 Å². The molecule has 2 rings (SSSR count). The third-order valence-electron chi connectivity index (χ3n) is 1.98. The summed E-state index contributed by atoms with van der Waals surface area (Å²) >= 11 is 5.28. The Morgan fingerprint density at radius 3 is 2.93 bits per heavy atom. The van der Waals surface area contributed by atoms with Gasteiger partial charge in [0.15, 0.2) is 17.6 Å². The van der Waals surface area contributed by atoms with Crippen LogP contribution in [0.25, 0.3) is 0 Å². The smallest absolute Gasteiger partial charge is 0.262 e. The molecule has 1 unspecified atom stereocenters. The molecule has 1 aromatic carbocycles. The molecular weight excluding hydrogens is 220 g/mol. The molecule has 4 nitrogen and oxygen atoms in total. The molecule has 0 amide bonds. The van der Waals surface area contributed by atoms with Gasteiger partial charge >= 0.3 is 0 Å². The van der Waals surface area contributed by atoms with Crippen molar-refractivity contribution < 1.29 is 19.0 Å². The van der Waals surface area contributed by atoms with Crippen LogP contribution in [0.1, 0.15) is 6.92 Å². The van der Waals surface area contributed by atoms with Crippen LogP contribution >= 0.6 is 11.6 Å². The van der Waals surface area contributed by atoms with Gasteiger partial charge in [0.25, 0.3) is 5.24 Å². The average molecular weight is 229 g/mol. The van der Waals surface area contributed by atoms with Crippen LogP contribution in [-0.4, -0.2) is 18.1 Å². The maximum absolute atomic E-state index is 10.8. The lowest BCUT2D eigenvalue weighted by atomic mass is 10.3. The molecule has 5 heteroatoms. The van der Waals surface area contributed by atoms with E-state index in [0.29, 0.717) is 17.2 Å². The predicted molar refractivity (Wildman–Crippen MR) is 53.5 cm³/mol. The van der Waals surface area contributed by atoms with Crippen molar-refractivity contribution in [3.05, 3.63) is 18.2 Å². The van der Waals surface area contributed by atoms with Gasteiger partial charge < -0.3 is 14.2 Å². The number of hydrogen-bond donors (Lipinski definition) is 0. The zero-order valence-electron chi connectivity index (χ0n) is 8.03. The molecule has 1 heterocycles. The van der Waals surface area contributed by atoms with Crippen LogP contribution in [0.5, 0.6) is 17.2 Å². The van der Waals surface area contributed by atoms with Crippen molar-refractivity contribution in [2.75, 3.05) is 6.79 Å². The molecule has 0 aromatic heterocycles. The van der Waals surface area contributed by atoms with E-state index in [2.05, 4.69) is 0 Å². The summed E-state index contributed by atoms with van der Waals surface area (Å²) in [6.45, 7) is 1.79. The second-order valence-electron chi connectivity index (χ2n) is 3.08. The molecule has 0 fully saturated rings. The molecular formula is C10H9ClO4. The third kappa shape index (κ3) is 2.15. The molecule has 15 heavy (non-hydrogen) atoms. The number of rotatable bonds is 3. The minimum atomic E-state index is -0.674. The molecule has 0 radical (unpaired) electrons. The van der Waals surface area contributed by atoms with Crippen molar-refractivity contribution in [3.8, 4) is 17.2 Å². The Labute approximate surface area is 91.7 Å². The van der Waals surface area contributed by atoms with Gasteiger partial charge in [0.05, 0.1) is 0 Å². The lowest BCUT2D eigenvalue weighted by molar-refractivity contribution is -0.117. The fourth-order valence-corrected chi connectivity index (χ4v) is 1.25. The zero-order valence-corrected chi connectivity index (χ0v) is 8.78. The van der Waals surface area contributed by atoms with E-state index in [0.717, 1.165) is 0 Å². The maximum Gasteiger partial charge on any atom is 0.262 e. The van der Waals surface area contributed by atoms with E-state index in [-0.39, 0.29) is 6.79 Å². The second-order valence-corrected chi connectivity index (χ2v) is 3.45. The van der Waals surface area contributed by atoms with Crippen LogP contribution in [0.2, 0.25) is 0 Å². The number of halogens is 1. The van der Waals surface area contributed by atoms with E-state index >= 15 is 0 Å². The molecule has 0 spiro atoms. The van der Waals surface area contributed by atoms with E-state index < -0.39 is 11.3 Å². The number of carbonyl (C=O) groups excluding carboxylic acids is 1. The Kier molecular flexibility index (Phi) is 2.68. The SMILES string of the molecule is CC(Oc1ccc2c(c1)OCO2)C(=O)Cl. The first-order chi connectivity index (χ1) is 7.16. The lowest BCUT2D eigenvalue weighted by Crippen LogP contribution is -2.18. The highest BCUT2D eigenvalue weighted by atomic mass is 35.5. The second kappa shape index (κ2) is 3.98. The number of fused-ring (bicyclic) bond motifs is 1. The first-order valence-corrected chi connectivity index (χ1v) is 4.80. The zero-order chi connectivity index (χ0) is 10.8. The molecule has 80 valence electrons. The fraction of sp³-hybridized carbons (Fsp3) is 0.300. The largest absolute Gasteiger partial charge is 0.481 e. The van der Waals surface area contributed by atoms with E-state index in [4.69, 9.17) is 25.8 Å². The normalized spacial score (nSPS) is 14.8. The van der Waals surface area contributed by atoms with Gasteiger partial charge in [-0.1, -0.05) is 0 Å². The van der Waals surface area contributed by atoms with Gasteiger partial charge in [-0.05, 0) is 30.7 Å². The van der Waals surface area contributed by atoms with Gasteiger partial charge in [0.1, 0.15) is 5.75 Å². The molecule has 0 N–H and O–H groups in total. The summed E-state index contributed by atoms with van der Waals surface area (Å²) in [6.07, 6.45) is -0.674. The number of benzene rings is 1. The maximum atomic E-state index is 10.8. The standard InChI is InChI=1S/C10H9ClO4/c1-6(10(11)12)15-7-2-3-8-9(4-7)14-5-13-8/h2-4,6H,5H2,1H3. The summed E-state index contributed by atoms with van der Waals surface area (Å²) < 4.78 is 15.6. The van der Waals surface area contributed by atoms with Crippen molar-refractivity contribution in [3.63, 3.8) is 0 Å². The molecule has 0 saturated carbocycles. The minimum absolute atomic E-state index is 0.211. The minimum Gasteiger partial charge on any atom is -0.481 e. The Morgan fingerprint density at radius 1 is 1.47 bits per heavy atom. The molecule has 1 aliphatic heterocycles. The van der Waals surface area contributed by atoms with Gasteiger partial charge in [-0.25, -0.2) is 0 Å². The van der Waals surface area contributed by atoms with Crippen molar-refractivity contribution >= 4 is 16.8 Å². The average Bonchev–Trinajstić information content (AvgIpc) is 2.64. The topological polar surface area (TPSA) is 44.8 Å². The third-order valence-corrected chi connectivity index (χ3v) is 2.28. The molecule has 1 aliphatic rings. The number of hydrogen-bond acceptors (Lipinski definition) is 4. The Bertz CT molecular complexity index is 391. The Morgan fingerprint density at radius 2 is 2.20 bits per heavy atom. The molecule has 1 atom stereocenters. The summed E-state index contributed by atoms with van der Waals surface area (Å²) in [5, 5.41) is -0.535. The van der Waals surface area contributed by atoms with Crippen LogP contribution < -0.4 is 14.2 Å². The van der Waals surface area contributed by atoms with Crippen LogP contribution in [0.3, 0.4) is 0 Å². The van der Waals surface area contributed by atoms with Crippen LogP contribution in [0.4, 0.5) is 0 Å². The van der Waals surface area contributed by atoms with Crippen molar-refractivity contribution in [1.29, 1.82) is 0 Å². The van der Waals surface area contributed by atoms with Gasteiger partial charge in [-0.3, -0.25) is 4.79 Å².